The van der Waals surface area contributed by atoms with Crippen molar-refractivity contribution in [1.82, 2.24) is 10.3 Å². The summed E-state index contributed by atoms with van der Waals surface area (Å²) in [5, 5.41) is 4.72. The van der Waals surface area contributed by atoms with Gasteiger partial charge >= 0.3 is 0 Å². The predicted molar refractivity (Wildman–Crippen MR) is 75.9 cm³/mol. The third-order valence-corrected chi connectivity index (χ3v) is 4.08. The quantitative estimate of drug-likeness (QED) is 0.698. The Kier molecular flexibility index (Phi) is 5.60. The fourth-order valence-corrected chi connectivity index (χ4v) is 2.90. The first-order valence-corrected chi connectivity index (χ1v) is 7.93. The van der Waals surface area contributed by atoms with Crippen molar-refractivity contribution in [2.24, 2.45) is 0 Å². The van der Waals surface area contributed by atoms with Crippen molar-refractivity contribution in [3.8, 4) is 0 Å². The van der Waals surface area contributed by atoms with Crippen LogP contribution in [0, 0.1) is 0 Å². The minimum absolute atomic E-state index is 0.679. The molecule has 0 atom stereocenters. The highest BCUT2D eigenvalue weighted by molar-refractivity contribution is 7.11. The van der Waals surface area contributed by atoms with E-state index in [1.807, 2.05) is 11.3 Å². The zero-order valence-electron chi connectivity index (χ0n) is 11.5. The molecule has 0 radical (unpaired) electrons. The molecule has 1 aromatic heterocycles. The number of nitrogens with zero attached hydrogens (tertiary/aromatic N) is 1. The molecule has 0 aromatic carbocycles. The van der Waals surface area contributed by atoms with E-state index >= 15 is 0 Å². The second kappa shape index (κ2) is 7.22. The van der Waals surface area contributed by atoms with Crippen LogP contribution in [0.15, 0.2) is 0 Å². The molecule has 18 heavy (non-hydrogen) atoms. The van der Waals surface area contributed by atoms with Crippen LogP contribution in [-0.4, -0.2) is 17.6 Å². The summed E-state index contributed by atoms with van der Waals surface area (Å²) in [5.74, 6) is 0. The Bertz CT molecular complexity index is 361. The number of rotatable bonds is 9. The van der Waals surface area contributed by atoms with Gasteiger partial charge in [-0.2, -0.15) is 0 Å². The van der Waals surface area contributed by atoms with E-state index in [1.54, 1.807) is 0 Å². The average Bonchev–Trinajstić information content (AvgIpc) is 3.11. The lowest BCUT2D eigenvalue weighted by Gasteiger charge is -2.01. The van der Waals surface area contributed by atoms with Crippen LogP contribution in [0.2, 0.25) is 0 Å². The highest BCUT2D eigenvalue weighted by atomic mass is 32.1. The van der Waals surface area contributed by atoms with Crippen molar-refractivity contribution in [2.75, 3.05) is 6.61 Å². The number of hydrogen-bond donors (Lipinski definition) is 1. The largest absolute Gasteiger partial charge is 0.374 e. The normalized spacial score (nSPS) is 15.2. The molecule has 1 aliphatic rings. The number of ether oxygens (including phenoxy) is 1. The molecule has 1 aliphatic carbocycles. The SMILES string of the molecule is CCCOCc1nc(CCC)c(CNC2CC2)s1. The maximum atomic E-state index is 5.58. The summed E-state index contributed by atoms with van der Waals surface area (Å²) in [6.45, 7) is 6.85. The second-order valence-corrected chi connectivity index (χ2v) is 6.10. The van der Waals surface area contributed by atoms with Gasteiger partial charge in [0.15, 0.2) is 0 Å². The third kappa shape index (κ3) is 4.34. The van der Waals surface area contributed by atoms with E-state index < -0.39 is 0 Å². The van der Waals surface area contributed by atoms with Gasteiger partial charge in [-0.3, -0.25) is 0 Å². The molecule has 0 spiro atoms. The van der Waals surface area contributed by atoms with Gasteiger partial charge in [0, 0.05) is 24.1 Å². The van der Waals surface area contributed by atoms with Crippen molar-refractivity contribution in [3.63, 3.8) is 0 Å². The van der Waals surface area contributed by atoms with Gasteiger partial charge in [0.25, 0.3) is 0 Å². The predicted octanol–water partition coefficient (Wildman–Crippen LogP) is 3.27. The molecule has 0 aliphatic heterocycles. The smallest absolute Gasteiger partial charge is 0.119 e. The summed E-state index contributed by atoms with van der Waals surface area (Å²) in [7, 11) is 0. The fraction of sp³-hybridized carbons (Fsp3) is 0.786. The Morgan fingerprint density at radius 2 is 2.17 bits per heavy atom. The summed E-state index contributed by atoms with van der Waals surface area (Å²) < 4.78 is 5.58. The Morgan fingerprint density at radius 1 is 1.33 bits per heavy atom. The molecular weight excluding hydrogens is 244 g/mol. The summed E-state index contributed by atoms with van der Waals surface area (Å²) >= 11 is 1.82. The lowest BCUT2D eigenvalue weighted by atomic mass is 10.2. The minimum atomic E-state index is 0.679. The van der Waals surface area contributed by atoms with Crippen LogP contribution in [-0.2, 0) is 24.3 Å². The summed E-state index contributed by atoms with van der Waals surface area (Å²) in [4.78, 5) is 6.14. The van der Waals surface area contributed by atoms with Gasteiger partial charge < -0.3 is 10.1 Å². The molecule has 0 saturated heterocycles. The topological polar surface area (TPSA) is 34.1 Å². The number of aryl methyl sites for hydroxylation is 1. The number of hydrogen-bond acceptors (Lipinski definition) is 4. The molecule has 102 valence electrons. The van der Waals surface area contributed by atoms with E-state index in [-0.39, 0.29) is 0 Å². The van der Waals surface area contributed by atoms with Gasteiger partial charge in [-0.05, 0) is 25.7 Å². The van der Waals surface area contributed by atoms with Gasteiger partial charge in [-0.1, -0.05) is 20.3 Å². The highest BCUT2D eigenvalue weighted by Crippen LogP contribution is 2.24. The first-order chi connectivity index (χ1) is 8.83. The van der Waals surface area contributed by atoms with Crippen molar-refractivity contribution >= 4 is 11.3 Å². The molecule has 0 bridgehead atoms. The monoisotopic (exact) mass is 268 g/mol. The van der Waals surface area contributed by atoms with Crippen molar-refractivity contribution < 1.29 is 4.74 Å². The van der Waals surface area contributed by atoms with Gasteiger partial charge in [-0.15, -0.1) is 11.3 Å². The van der Waals surface area contributed by atoms with Crippen molar-refractivity contribution in [3.05, 3.63) is 15.6 Å². The lowest BCUT2D eigenvalue weighted by Crippen LogP contribution is -2.15. The van der Waals surface area contributed by atoms with Crippen LogP contribution in [0.3, 0.4) is 0 Å². The van der Waals surface area contributed by atoms with Gasteiger partial charge in [0.2, 0.25) is 0 Å². The molecule has 4 heteroatoms. The van der Waals surface area contributed by atoms with Crippen LogP contribution < -0.4 is 5.32 Å². The third-order valence-electron chi connectivity index (χ3n) is 3.01. The number of nitrogens with one attached hydrogen (secondary N) is 1. The van der Waals surface area contributed by atoms with E-state index in [1.165, 1.54) is 23.4 Å². The Labute approximate surface area is 114 Å². The fourth-order valence-electron chi connectivity index (χ4n) is 1.90. The van der Waals surface area contributed by atoms with Gasteiger partial charge in [-0.25, -0.2) is 4.98 Å². The zero-order valence-corrected chi connectivity index (χ0v) is 12.3. The first-order valence-electron chi connectivity index (χ1n) is 7.12. The second-order valence-electron chi connectivity index (χ2n) is 4.94. The van der Waals surface area contributed by atoms with Crippen LogP contribution >= 0.6 is 11.3 Å². The Hall–Kier alpha value is -0.450. The minimum Gasteiger partial charge on any atom is -0.374 e. The molecular formula is C14H24N2OS. The molecule has 0 amide bonds. The van der Waals surface area contributed by atoms with E-state index in [0.717, 1.165) is 43.5 Å². The van der Waals surface area contributed by atoms with Crippen LogP contribution in [0.25, 0.3) is 0 Å². The Morgan fingerprint density at radius 3 is 2.83 bits per heavy atom. The van der Waals surface area contributed by atoms with Crippen LogP contribution in [0.5, 0.6) is 0 Å². The first kappa shape index (κ1) is 14.0. The van der Waals surface area contributed by atoms with E-state index in [2.05, 4.69) is 19.2 Å². The van der Waals surface area contributed by atoms with Crippen molar-refractivity contribution in [2.45, 2.75) is 65.1 Å². The molecule has 1 N–H and O–H groups in total. The van der Waals surface area contributed by atoms with E-state index in [0.29, 0.717) is 6.61 Å². The molecule has 1 aromatic rings. The molecule has 2 rings (SSSR count). The molecule has 3 nitrogen and oxygen atoms in total. The standard InChI is InChI=1S/C14H24N2OS/c1-3-5-12-13(9-15-11-6-7-11)18-14(16-12)10-17-8-4-2/h11,15H,3-10H2,1-2H3. The maximum absolute atomic E-state index is 5.58. The average molecular weight is 268 g/mol. The van der Waals surface area contributed by atoms with Crippen LogP contribution in [0.4, 0.5) is 0 Å². The molecule has 1 saturated carbocycles. The summed E-state index contributed by atoms with van der Waals surface area (Å²) in [5.41, 5.74) is 1.28. The highest BCUT2D eigenvalue weighted by Gasteiger charge is 2.21. The number of aromatic nitrogens is 1. The molecule has 1 fully saturated rings. The Balaban J connectivity index is 1.90. The lowest BCUT2D eigenvalue weighted by molar-refractivity contribution is 0.121. The van der Waals surface area contributed by atoms with Gasteiger partial charge in [0.05, 0.1) is 12.3 Å². The summed E-state index contributed by atoms with van der Waals surface area (Å²) in [6, 6.07) is 0.765. The van der Waals surface area contributed by atoms with Crippen molar-refractivity contribution in [1.29, 1.82) is 0 Å². The number of thiazole rings is 1. The maximum Gasteiger partial charge on any atom is 0.119 e. The van der Waals surface area contributed by atoms with Crippen LogP contribution in [0.1, 0.15) is 55.1 Å². The molecule has 1 heterocycles. The summed E-state index contributed by atoms with van der Waals surface area (Å²) in [6.07, 6.45) is 6.01. The zero-order chi connectivity index (χ0) is 12.8. The molecule has 0 unspecified atom stereocenters. The van der Waals surface area contributed by atoms with Gasteiger partial charge in [0.1, 0.15) is 5.01 Å². The van der Waals surface area contributed by atoms with E-state index in [4.69, 9.17) is 9.72 Å². The van der Waals surface area contributed by atoms with E-state index in [9.17, 15) is 0 Å².